The van der Waals surface area contributed by atoms with Crippen molar-refractivity contribution in [1.29, 1.82) is 0 Å². The molecule has 4 aliphatic rings. The lowest BCUT2D eigenvalue weighted by atomic mass is 9.92. The van der Waals surface area contributed by atoms with Gasteiger partial charge in [0.15, 0.2) is 0 Å². The van der Waals surface area contributed by atoms with Gasteiger partial charge in [-0.1, -0.05) is 25.7 Å². The lowest BCUT2D eigenvalue weighted by Crippen LogP contribution is -2.39. The minimum absolute atomic E-state index is 0. The van der Waals surface area contributed by atoms with E-state index < -0.39 is 22.1 Å². The van der Waals surface area contributed by atoms with Crippen LogP contribution < -0.4 is 5.32 Å². The van der Waals surface area contributed by atoms with Gasteiger partial charge in [-0.3, -0.25) is 13.8 Å². The van der Waals surface area contributed by atoms with E-state index >= 15 is 0 Å². The number of carbonyl (C=O) groups excluding carboxylic acids is 3. The first kappa shape index (κ1) is 65.9. The summed E-state index contributed by atoms with van der Waals surface area (Å²) in [5, 5.41) is 29.0. The Morgan fingerprint density at radius 1 is 0.522 bits per heavy atom. The molecule has 0 unspecified atom stereocenters. The summed E-state index contributed by atoms with van der Waals surface area (Å²) in [4.78, 5) is 61.0. The summed E-state index contributed by atoms with van der Waals surface area (Å²) in [6.45, 7) is 18.5. The first-order valence-corrected chi connectivity index (χ1v) is 27.5. The number of halogens is 1. The maximum absolute atomic E-state index is 11.7. The van der Waals surface area contributed by atoms with Crippen LogP contribution in [0, 0.1) is 23.7 Å². The molecule has 0 saturated carbocycles. The van der Waals surface area contributed by atoms with E-state index in [4.69, 9.17) is 33.7 Å². The fraction of sp³-hybridized carbons (Fsp3) is 0.898. The van der Waals surface area contributed by atoms with Gasteiger partial charge < -0.3 is 49.5 Å². The summed E-state index contributed by atoms with van der Waals surface area (Å²) < 4.78 is 41.8. The number of hydrogen-bond acceptors (Lipinski definition) is 13. The van der Waals surface area contributed by atoms with Crippen LogP contribution in [0.3, 0.4) is 0 Å². The number of ether oxygens (including phenoxy) is 3. The summed E-state index contributed by atoms with van der Waals surface area (Å²) in [6.07, 6.45) is 18.8. The van der Waals surface area contributed by atoms with Crippen molar-refractivity contribution in [3.63, 3.8) is 0 Å². The lowest BCUT2D eigenvalue weighted by molar-refractivity contribution is -0.138. The van der Waals surface area contributed by atoms with E-state index in [-0.39, 0.29) is 62.0 Å². The number of nitrogens with one attached hydrogen (secondary N) is 1. The molecule has 4 saturated heterocycles. The van der Waals surface area contributed by atoms with E-state index in [0.29, 0.717) is 30.8 Å². The lowest BCUT2D eigenvalue weighted by Gasteiger charge is -2.31. The molecule has 406 valence electrons. The molecule has 18 nitrogen and oxygen atoms in total. The molecule has 4 aliphatic heterocycles. The Morgan fingerprint density at radius 2 is 0.826 bits per heavy atom. The first-order valence-electron chi connectivity index (χ1n) is 25.6. The van der Waals surface area contributed by atoms with Gasteiger partial charge in [-0.05, 0) is 168 Å². The van der Waals surface area contributed by atoms with Crippen LogP contribution in [0.5, 0.6) is 0 Å². The molecule has 4 fully saturated rings. The second-order valence-electron chi connectivity index (χ2n) is 19.6. The van der Waals surface area contributed by atoms with Gasteiger partial charge in [-0.2, -0.15) is 8.42 Å². The Bertz CT molecular complexity index is 1490. The molecule has 0 aliphatic carbocycles. The number of unbranched alkanes of at least 4 members (excludes halogenated alkanes) is 2. The number of likely N-dealkylation sites (tertiary alicyclic amines) is 3. The Morgan fingerprint density at radius 3 is 1.12 bits per heavy atom. The SMILES string of the molecule is CC(C)OC(=O)N1CCC(CCCC(=O)O)CC1.CC(C)OC(=O)N1CCC(CCCCO)CC1.CC(C)OC(=O)N1CCC(CCCCOS(C)(=O)=O)CC1.Cl.O=C(O)CCCC1CCNCC1. The summed E-state index contributed by atoms with van der Waals surface area (Å²) >= 11 is 0. The fourth-order valence-electron chi connectivity index (χ4n) is 8.59. The van der Waals surface area contributed by atoms with E-state index in [0.717, 1.165) is 161 Å². The van der Waals surface area contributed by atoms with Crippen LogP contribution in [0.4, 0.5) is 14.4 Å². The van der Waals surface area contributed by atoms with Crippen molar-refractivity contribution in [2.45, 2.75) is 188 Å². The van der Waals surface area contributed by atoms with Crippen molar-refractivity contribution in [2.75, 3.05) is 71.8 Å². The number of aliphatic hydroxyl groups is 1. The Kier molecular flexibility index (Phi) is 36.8. The second kappa shape index (κ2) is 38.5. The fourth-order valence-corrected chi connectivity index (χ4v) is 9.01. The Labute approximate surface area is 421 Å². The average molecular weight is 1030 g/mol. The van der Waals surface area contributed by atoms with E-state index in [1.165, 1.54) is 19.3 Å². The number of amides is 3. The zero-order chi connectivity index (χ0) is 50.9. The Balaban J connectivity index is 0.000000903. The smallest absolute Gasteiger partial charge is 0.410 e. The third-order valence-corrected chi connectivity index (χ3v) is 13.0. The molecule has 69 heavy (non-hydrogen) atoms. The number of rotatable bonds is 21. The Hall–Kier alpha value is -3.13. The van der Waals surface area contributed by atoms with Gasteiger partial charge in [0.25, 0.3) is 10.1 Å². The number of aliphatic carboxylic acids is 2. The molecule has 0 aromatic heterocycles. The molecular formula is C49H93ClN4O14S. The number of carboxylic acid groups (broad SMARTS) is 2. The molecule has 0 bridgehead atoms. The third-order valence-electron chi connectivity index (χ3n) is 12.4. The molecule has 0 aromatic rings. The quantitative estimate of drug-likeness (QED) is 0.0477. The molecular weight excluding hydrogens is 936 g/mol. The largest absolute Gasteiger partial charge is 0.481 e. The highest BCUT2D eigenvalue weighted by Crippen LogP contribution is 2.26. The van der Waals surface area contributed by atoms with Crippen molar-refractivity contribution in [3.8, 4) is 0 Å². The molecule has 4 N–H and O–H groups in total. The minimum Gasteiger partial charge on any atom is -0.481 e. The van der Waals surface area contributed by atoms with Gasteiger partial charge in [0.2, 0.25) is 0 Å². The van der Waals surface area contributed by atoms with Crippen LogP contribution in [0.1, 0.15) is 170 Å². The zero-order valence-corrected chi connectivity index (χ0v) is 44.9. The molecule has 20 heteroatoms. The van der Waals surface area contributed by atoms with Crippen LogP contribution in [-0.4, -0.2) is 159 Å². The predicted molar refractivity (Wildman–Crippen MR) is 269 cm³/mol. The molecule has 4 heterocycles. The van der Waals surface area contributed by atoms with Gasteiger partial charge in [-0.25, -0.2) is 14.4 Å². The molecule has 0 spiro atoms. The normalized spacial score (nSPS) is 17.3. The van der Waals surface area contributed by atoms with E-state index in [1.807, 2.05) is 46.4 Å². The topological polar surface area (TPSA) is 239 Å². The molecule has 0 aromatic carbocycles. The zero-order valence-electron chi connectivity index (χ0n) is 43.2. The highest BCUT2D eigenvalue weighted by molar-refractivity contribution is 7.85. The number of piperidine rings is 4. The van der Waals surface area contributed by atoms with Gasteiger partial charge >= 0.3 is 30.2 Å². The summed E-state index contributed by atoms with van der Waals surface area (Å²) in [5.74, 6) is 1.24. The highest BCUT2D eigenvalue weighted by Gasteiger charge is 2.26. The van der Waals surface area contributed by atoms with Crippen LogP contribution in [-0.2, 0) is 38.1 Å². The van der Waals surface area contributed by atoms with Crippen molar-refractivity contribution in [2.24, 2.45) is 23.7 Å². The van der Waals surface area contributed by atoms with Crippen molar-refractivity contribution in [1.82, 2.24) is 20.0 Å². The highest BCUT2D eigenvalue weighted by atomic mass is 35.5. The maximum Gasteiger partial charge on any atom is 0.410 e. The number of carboxylic acids is 2. The molecule has 4 rings (SSSR count). The number of hydrogen-bond donors (Lipinski definition) is 4. The van der Waals surface area contributed by atoms with Crippen LogP contribution >= 0.6 is 12.4 Å². The van der Waals surface area contributed by atoms with Gasteiger partial charge in [0.1, 0.15) is 0 Å². The number of aliphatic hydroxyl groups excluding tert-OH is 1. The molecule has 3 amide bonds. The van der Waals surface area contributed by atoms with Crippen molar-refractivity contribution < 1.29 is 66.1 Å². The van der Waals surface area contributed by atoms with Gasteiger partial charge in [0.05, 0.1) is 31.2 Å². The monoisotopic (exact) mass is 1030 g/mol. The summed E-state index contributed by atoms with van der Waals surface area (Å²) in [5.41, 5.74) is 0. The van der Waals surface area contributed by atoms with Crippen LogP contribution in [0.2, 0.25) is 0 Å². The third kappa shape index (κ3) is 35.6. The molecule has 0 atom stereocenters. The van der Waals surface area contributed by atoms with Crippen LogP contribution in [0.15, 0.2) is 0 Å². The first-order chi connectivity index (χ1) is 32.2. The van der Waals surface area contributed by atoms with E-state index in [1.54, 1.807) is 9.80 Å². The van der Waals surface area contributed by atoms with Crippen molar-refractivity contribution in [3.05, 3.63) is 0 Å². The van der Waals surface area contributed by atoms with Gasteiger partial charge in [0, 0.05) is 58.7 Å². The predicted octanol–water partition coefficient (Wildman–Crippen LogP) is 8.96. The molecule has 0 radical (unpaired) electrons. The number of nitrogens with zero attached hydrogens (tertiary/aromatic N) is 3. The second-order valence-corrected chi connectivity index (χ2v) is 21.2. The standard InChI is InChI=1S/C14H27NO5S.C13H23NO4.C13H25NO3.C9H17NO2.ClH/c1-12(2)20-14(16)15-9-7-13(8-10-15)6-4-5-11-19-21(3,17)18;1-10(2)18-13(17)14-8-6-11(7-9-14)4-3-5-12(15)16;1-11(2)17-13(16)14-8-6-12(7-9-14)5-3-4-10-15;11-9(12)3-1-2-8-4-6-10-7-5-8;/h12-13H,4-11H2,1-3H3;10-11H,3-9H2,1-2H3,(H,15,16);11-12,15H,3-10H2,1-2H3;8,10H,1-7H2,(H,11,12);1H. The van der Waals surface area contributed by atoms with Crippen molar-refractivity contribution >= 4 is 52.7 Å². The summed E-state index contributed by atoms with van der Waals surface area (Å²) in [7, 11) is -3.31. The maximum atomic E-state index is 11.7. The van der Waals surface area contributed by atoms with E-state index in [2.05, 4.69) is 5.32 Å². The van der Waals surface area contributed by atoms with Crippen LogP contribution in [0.25, 0.3) is 0 Å². The number of carbonyl (C=O) groups is 5. The van der Waals surface area contributed by atoms with Gasteiger partial charge in [-0.15, -0.1) is 12.4 Å². The minimum atomic E-state index is -3.31. The summed E-state index contributed by atoms with van der Waals surface area (Å²) in [6, 6.07) is 0. The average Bonchev–Trinajstić information content (AvgIpc) is 3.27. The van der Waals surface area contributed by atoms with E-state index in [9.17, 15) is 32.4 Å².